The first-order chi connectivity index (χ1) is 10.2. The van der Waals surface area contributed by atoms with Gasteiger partial charge in [0.25, 0.3) is 0 Å². The molecule has 2 rings (SSSR count). The summed E-state index contributed by atoms with van der Waals surface area (Å²) < 4.78 is 0. The number of tetrazole rings is 1. The fourth-order valence-electron chi connectivity index (χ4n) is 2.54. The number of aryl methyl sites for hydroxylation is 2. The lowest BCUT2D eigenvalue weighted by Gasteiger charge is -2.16. The van der Waals surface area contributed by atoms with E-state index in [0.29, 0.717) is 5.92 Å². The first kappa shape index (κ1) is 15.6. The molecule has 0 bridgehead atoms. The van der Waals surface area contributed by atoms with Gasteiger partial charge in [0.15, 0.2) is 5.82 Å². The topological polar surface area (TPSA) is 55.6 Å². The fourth-order valence-corrected chi connectivity index (χ4v) is 2.54. The Kier molecular flexibility index (Phi) is 5.87. The van der Waals surface area contributed by atoms with Gasteiger partial charge < -0.3 is 5.32 Å². The molecule has 0 spiro atoms. The normalized spacial score (nSPS) is 12.5. The Balaban J connectivity index is 2.00. The maximum atomic E-state index is 4.30. The molecule has 2 aromatic rings. The highest BCUT2D eigenvalue weighted by molar-refractivity contribution is 5.22. The lowest BCUT2D eigenvalue weighted by atomic mass is 9.95. The van der Waals surface area contributed by atoms with Gasteiger partial charge in [-0.1, -0.05) is 36.8 Å². The van der Waals surface area contributed by atoms with Gasteiger partial charge in [-0.05, 0) is 49.5 Å². The molecule has 5 heteroatoms. The molecule has 1 aromatic heterocycles. The zero-order valence-corrected chi connectivity index (χ0v) is 13.2. The van der Waals surface area contributed by atoms with Crippen molar-refractivity contribution in [3.8, 4) is 0 Å². The van der Waals surface area contributed by atoms with Crippen molar-refractivity contribution in [3.63, 3.8) is 0 Å². The molecule has 21 heavy (non-hydrogen) atoms. The molecular formula is C16H25N5. The van der Waals surface area contributed by atoms with Gasteiger partial charge in [0.2, 0.25) is 0 Å². The minimum absolute atomic E-state index is 0.488. The van der Waals surface area contributed by atoms with Gasteiger partial charge in [0.05, 0.1) is 7.05 Å². The van der Waals surface area contributed by atoms with Gasteiger partial charge >= 0.3 is 0 Å². The van der Waals surface area contributed by atoms with E-state index < -0.39 is 0 Å². The van der Waals surface area contributed by atoms with Gasteiger partial charge in [-0.25, -0.2) is 0 Å². The average molecular weight is 287 g/mol. The van der Waals surface area contributed by atoms with Gasteiger partial charge in [0, 0.05) is 6.42 Å². The van der Waals surface area contributed by atoms with Crippen molar-refractivity contribution >= 4 is 0 Å². The lowest BCUT2D eigenvalue weighted by molar-refractivity contribution is 0.460. The van der Waals surface area contributed by atoms with Crippen LogP contribution in [0.3, 0.4) is 0 Å². The van der Waals surface area contributed by atoms with Crippen LogP contribution in [-0.2, 0) is 19.9 Å². The molecule has 5 nitrogen and oxygen atoms in total. The van der Waals surface area contributed by atoms with E-state index in [9.17, 15) is 0 Å². The van der Waals surface area contributed by atoms with Gasteiger partial charge in [0.1, 0.15) is 0 Å². The van der Waals surface area contributed by atoms with Crippen LogP contribution >= 0.6 is 0 Å². The Morgan fingerprint density at radius 1 is 1.29 bits per heavy atom. The number of nitrogens with one attached hydrogen (secondary N) is 1. The second-order valence-corrected chi connectivity index (χ2v) is 5.66. The maximum Gasteiger partial charge on any atom is 0.175 e. The molecule has 0 amide bonds. The lowest BCUT2D eigenvalue weighted by Crippen LogP contribution is -2.27. The van der Waals surface area contributed by atoms with E-state index in [0.717, 1.165) is 38.2 Å². The quantitative estimate of drug-likeness (QED) is 0.754. The summed E-state index contributed by atoms with van der Waals surface area (Å²) in [6, 6.07) is 8.72. The molecule has 1 atom stereocenters. The zero-order valence-electron chi connectivity index (χ0n) is 13.2. The third-order valence-electron chi connectivity index (χ3n) is 3.49. The minimum atomic E-state index is 0.488. The smallest absolute Gasteiger partial charge is 0.175 e. The van der Waals surface area contributed by atoms with Gasteiger partial charge in [-0.15, -0.1) is 10.2 Å². The summed E-state index contributed by atoms with van der Waals surface area (Å²) in [5.41, 5.74) is 2.69. The molecule has 0 radical (unpaired) electrons. The summed E-state index contributed by atoms with van der Waals surface area (Å²) in [6.45, 7) is 6.36. The number of benzene rings is 1. The number of hydrogen-bond acceptors (Lipinski definition) is 4. The summed E-state index contributed by atoms with van der Waals surface area (Å²) in [7, 11) is 1.81. The van der Waals surface area contributed by atoms with E-state index >= 15 is 0 Å². The van der Waals surface area contributed by atoms with Crippen LogP contribution in [0.15, 0.2) is 24.3 Å². The number of aromatic nitrogens is 4. The summed E-state index contributed by atoms with van der Waals surface area (Å²) in [4.78, 5) is 1.53. The van der Waals surface area contributed by atoms with Gasteiger partial charge in [-0.3, -0.25) is 0 Å². The minimum Gasteiger partial charge on any atom is -0.316 e. The van der Waals surface area contributed by atoms with Crippen molar-refractivity contribution in [1.82, 2.24) is 25.5 Å². The van der Waals surface area contributed by atoms with Crippen LogP contribution in [-0.4, -0.2) is 33.3 Å². The van der Waals surface area contributed by atoms with Crippen LogP contribution in [0.25, 0.3) is 0 Å². The standard InChI is InChI=1S/C16H25N5/c1-4-8-17-12-15(11-16-18-20-21(3)19-16)10-14-7-5-6-13(2)9-14/h5-7,9,15,17H,4,8,10-12H2,1-3H3. The largest absolute Gasteiger partial charge is 0.316 e. The molecule has 1 N–H and O–H groups in total. The second kappa shape index (κ2) is 7.88. The van der Waals surface area contributed by atoms with Crippen molar-refractivity contribution in [3.05, 3.63) is 41.2 Å². The SMILES string of the molecule is CCCNCC(Cc1cccc(C)c1)Cc1nnn(C)n1. The third kappa shape index (κ3) is 5.27. The van der Waals surface area contributed by atoms with Crippen LogP contribution in [0.5, 0.6) is 0 Å². The van der Waals surface area contributed by atoms with E-state index in [1.807, 2.05) is 0 Å². The second-order valence-electron chi connectivity index (χ2n) is 5.66. The zero-order chi connectivity index (χ0) is 15.1. The Bertz CT molecular complexity index is 549. The molecular weight excluding hydrogens is 262 g/mol. The summed E-state index contributed by atoms with van der Waals surface area (Å²) in [6.07, 6.45) is 3.05. The van der Waals surface area contributed by atoms with Crippen molar-refractivity contribution in [1.29, 1.82) is 0 Å². The highest BCUT2D eigenvalue weighted by atomic mass is 15.6. The van der Waals surface area contributed by atoms with Crippen molar-refractivity contribution in [2.24, 2.45) is 13.0 Å². The molecule has 1 unspecified atom stereocenters. The fraction of sp³-hybridized carbons (Fsp3) is 0.562. The van der Waals surface area contributed by atoms with Crippen LogP contribution in [0.4, 0.5) is 0 Å². The van der Waals surface area contributed by atoms with E-state index in [-0.39, 0.29) is 0 Å². The molecule has 0 aliphatic rings. The van der Waals surface area contributed by atoms with Crippen LogP contribution in [0.2, 0.25) is 0 Å². The highest BCUT2D eigenvalue weighted by Gasteiger charge is 2.14. The Labute approximate surface area is 126 Å². The molecule has 1 heterocycles. The monoisotopic (exact) mass is 287 g/mol. The molecule has 1 aromatic carbocycles. The summed E-state index contributed by atoms with van der Waals surface area (Å²) >= 11 is 0. The van der Waals surface area contributed by atoms with E-state index in [1.165, 1.54) is 15.9 Å². The number of hydrogen-bond donors (Lipinski definition) is 1. The predicted octanol–water partition coefficient (Wildman–Crippen LogP) is 1.92. The molecule has 0 fully saturated rings. The number of nitrogens with zero attached hydrogens (tertiary/aromatic N) is 4. The Morgan fingerprint density at radius 3 is 2.81 bits per heavy atom. The van der Waals surface area contributed by atoms with Crippen molar-refractivity contribution in [2.45, 2.75) is 33.1 Å². The van der Waals surface area contributed by atoms with Crippen molar-refractivity contribution in [2.75, 3.05) is 13.1 Å². The van der Waals surface area contributed by atoms with Crippen molar-refractivity contribution < 1.29 is 0 Å². The molecule has 0 aliphatic carbocycles. The number of rotatable bonds is 8. The molecule has 0 saturated carbocycles. The predicted molar refractivity (Wildman–Crippen MR) is 84.0 cm³/mol. The maximum absolute atomic E-state index is 4.30. The average Bonchev–Trinajstić information content (AvgIpc) is 2.84. The van der Waals surface area contributed by atoms with E-state index in [4.69, 9.17) is 0 Å². The van der Waals surface area contributed by atoms with Crippen LogP contribution in [0, 0.1) is 12.8 Å². The Hall–Kier alpha value is -1.75. The Morgan fingerprint density at radius 2 is 2.14 bits per heavy atom. The van der Waals surface area contributed by atoms with E-state index in [1.54, 1.807) is 7.05 Å². The molecule has 0 saturated heterocycles. The van der Waals surface area contributed by atoms with Crippen LogP contribution < -0.4 is 5.32 Å². The van der Waals surface area contributed by atoms with Gasteiger partial charge in [-0.2, -0.15) is 4.80 Å². The highest BCUT2D eigenvalue weighted by Crippen LogP contribution is 2.13. The summed E-state index contributed by atoms with van der Waals surface area (Å²) in [5, 5.41) is 15.9. The summed E-state index contributed by atoms with van der Waals surface area (Å²) in [5.74, 6) is 1.32. The third-order valence-corrected chi connectivity index (χ3v) is 3.49. The molecule has 0 aliphatic heterocycles. The first-order valence-corrected chi connectivity index (χ1v) is 7.66. The van der Waals surface area contributed by atoms with E-state index in [2.05, 4.69) is 58.8 Å². The molecule has 114 valence electrons. The van der Waals surface area contributed by atoms with Crippen LogP contribution in [0.1, 0.15) is 30.3 Å². The first-order valence-electron chi connectivity index (χ1n) is 7.66.